The van der Waals surface area contributed by atoms with Crippen molar-refractivity contribution in [2.24, 2.45) is 5.92 Å². The highest BCUT2D eigenvalue weighted by atomic mass is 28.3. The highest BCUT2D eigenvalue weighted by molar-refractivity contribution is 6.88. The van der Waals surface area contributed by atoms with Crippen LogP contribution < -0.4 is 10.5 Å². The quantitative estimate of drug-likeness (QED) is 0.804. The summed E-state index contributed by atoms with van der Waals surface area (Å²) in [5.74, 6) is 0.926. The van der Waals surface area contributed by atoms with Crippen LogP contribution in [0.4, 0.5) is 0 Å². The summed E-state index contributed by atoms with van der Waals surface area (Å²) < 4.78 is 0. The Hall–Kier alpha value is -0.603. The molecular weight excluding hydrogens is 246 g/mol. The maximum absolute atomic E-state index is 3.64. The van der Waals surface area contributed by atoms with Crippen LogP contribution in [0.15, 0.2) is 24.3 Å². The minimum atomic E-state index is -1.13. The van der Waals surface area contributed by atoms with Crippen molar-refractivity contribution >= 4 is 13.3 Å². The zero-order valence-electron chi connectivity index (χ0n) is 12.8. The molecular formula is C17H29NSi. The second-order valence-corrected chi connectivity index (χ2v) is 12.2. The Bertz CT molecular complexity index is 371. The summed E-state index contributed by atoms with van der Waals surface area (Å²) in [6.45, 7) is 9.45. The van der Waals surface area contributed by atoms with Crippen LogP contribution in [0.5, 0.6) is 0 Å². The lowest BCUT2D eigenvalue weighted by molar-refractivity contribution is 0.342. The van der Waals surface area contributed by atoms with E-state index in [1.54, 1.807) is 5.19 Å². The van der Waals surface area contributed by atoms with Gasteiger partial charge in [-0.25, -0.2) is 0 Å². The molecule has 106 valence electrons. The molecule has 0 amide bonds. The molecule has 1 N–H and O–H groups in total. The van der Waals surface area contributed by atoms with Gasteiger partial charge < -0.3 is 5.32 Å². The molecule has 19 heavy (non-hydrogen) atoms. The molecule has 0 bridgehead atoms. The van der Waals surface area contributed by atoms with E-state index in [-0.39, 0.29) is 0 Å². The van der Waals surface area contributed by atoms with E-state index in [0.717, 1.165) is 12.5 Å². The van der Waals surface area contributed by atoms with Crippen molar-refractivity contribution in [2.45, 2.75) is 58.3 Å². The van der Waals surface area contributed by atoms with Crippen molar-refractivity contribution in [3.8, 4) is 0 Å². The first-order valence-electron chi connectivity index (χ1n) is 7.86. The monoisotopic (exact) mass is 275 g/mol. The van der Waals surface area contributed by atoms with Crippen LogP contribution in [0.25, 0.3) is 0 Å². The van der Waals surface area contributed by atoms with E-state index in [0.29, 0.717) is 0 Å². The predicted molar refractivity (Wildman–Crippen MR) is 87.7 cm³/mol. The van der Waals surface area contributed by atoms with E-state index >= 15 is 0 Å². The van der Waals surface area contributed by atoms with Crippen LogP contribution in [0, 0.1) is 5.92 Å². The molecule has 0 atom stereocenters. The van der Waals surface area contributed by atoms with E-state index in [1.807, 2.05) is 0 Å². The van der Waals surface area contributed by atoms with Crippen molar-refractivity contribution in [2.75, 3.05) is 6.54 Å². The lowest BCUT2D eigenvalue weighted by Crippen LogP contribution is -2.37. The highest BCUT2D eigenvalue weighted by Crippen LogP contribution is 2.22. The predicted octanol–water partition coefficient (Wildman–Crippen LogP) is 3.90. The van der Waals surface area contributed by atoms with Crippen LogP contribution in [-0.2, 0) is 6.54 Å². The molecule has 1 nitrogen and oxygen atoms in total. The van der Waals surface area contributed by atoms with E-state index in [4.69, 9.17) is 0 Å². The molecule has 1 aromatic carbocycles. The summed E-state index contributed by atoms with van der Waals surface area (Å²) in [5.41, 5.74) is 1.43. The second kappa shape index (κ2) is 6.71. The topological polar surface area (TPSA) is 12.0 Å². The molecule has 1 aliphatic carbocycles. The summed E-state index contributed by atoms with van der Waals surface area (Å²) in [4.78, 5) is 0. The van der Waals surface area contributed by atoms with E-state index in [9.17, 15) is 0 Å². The van der Waals surface area contributed by atoms with Crippen LogP contribution in [0.2, 0.25) is 19.6 Å². The number of hydrogen-bond donors (Lipinski definition) is 1. The fourth-order valence-electron chi connectivity index (χ4n) is 2.93. The van der Waals surface area contributed by atoms with E-state index in [1.165, 1.54) is 44.2 Å². The summed E-state index contributed by atoms with van der Waals surface area (Å²) >= 11 is 0. The number of nitrogens with one attached hydrogen (secondary N) is 1. The van der Waals surface area contributed by atoms with Crippen LogP contribution in [-0.4, -0.2) is 14.6 Å². The first kappa shape index (κ1) is 14.8. The molecule has 0 radical (unpaired) electrons. The minimum absolute atomic E-state index is 0.926. The molecule has 0 aliphatic heterocycles. The summed E-state index contributed by atoms with van der Waals surface area (Å²) in [6.07, 6.45) is 7.20. The fraction of sp³-hybridized carbons (Fsp3) is 0.647. The van der Waals surface area contributed by atoms with Gasteiger partial charge in [0, 0.05) is 6.54 Å². The normalized spacial score (nSPS) is 17.6. The first-order chi connectivity index (χ1) is 9.05. The maximum atomic E-state index is 3.64. The molecule has 0 saturated heterocycles. The summed E-state index contributed by atoms with van der Waals surface area (Å²) in [5, 5.41) is 5.20. The zero-order chi connectivity index (χ0) is 13.7. The SMILES string of the molecule is C[Si](C)(C)c1ccc(CNCC2CCCCC2)cc1. The lowest BCUT2D eigenvalue weighted by atomic mass is 9.89. The number of hydrogen-bond acceptors (Lipinski definition) is 1. The van der Waals surface area contributed by atoms with Gasteiger partial charge >= 0.3 is 0 Å². The van der Waals surface area contributed by atoms with Gasteiger partial charge in [0.15, 0.2) is 0 Å². The van der Waals surface area contributed by atoms with Crippen LogP contribution in [0.1, 0.15) is 37.7 Å². The highest BCUT2D eigenvalue weighted by Gasteiger charge is 2.15. The lowest BCUT2D eigenvalue weighted by Gasteiger charge is -2.22. The van der Waals surface area contributed by atoms with Gasteiger partial charge in [-0.15, -0.1) is 0 Å². The molecule has 1 aliphatic rings. The average Bonchev–Trinajstić information content (AvgIpc) is 2.39. The van der Waals surface area contributed by atoms with Gasteiger partial charge in [-0.1, -0.05) is 68.4 Å². The van der Waals surface area contributed by atoms with Crippen LogP contribution in [0.3, 0.4) is 0 Å². The Morgan fingerprint density at radius 3 is 2.21 bits per heavy atom. The van der Waals surface area contributed by atoms with Gasteiger partial charge in [0.25, 0.3) is 0 Å². The summed E-state index contributed by atoms with van der Waals surface area (Å²) in [7, 11) is -1.13. The summed E-state index contributed by atoms with van der Waals surface area (Å²) in [6, 6.07) is 9.29. The molecule has 1 fully saturated rings. The zero-order valence-corrected chi connectivity index (χ0v) is 13.8. The Labute approximate surface area is 119 Å². The standard InChI is InChI=1S/C17H29NSi/c1-19(2,3)17-11-9-16(10-12-17)14-18-13-15-7-5-4-6-8-15/h9-12,15,18H,4-8,13-14H2,1-3H3. The van der Waals surface area contributed by atoms with Crippen molar-refractivity contribution in [3.63, 3.8) is 0 Å². The molecule has 0 aromatic heterocycles. The molecule has 0 heterocycles. The Balaban J connectivity index is 1.76. The van der Waals surface area contributed by atoms with Gasteiger partial charge in [-0.05, 0) is 30.9 Å². The smallest absolute Gasteiger partial charge is 0.0775 e. The van der Waals surface area contributed by atoms with Crippen molar-refractivity contribution in [3.05, 3.63) is 29.8 Å². The fourth-order valence-corrected chi connectivity index (χ4v) is 4.10. The van der Waals surface area contributed by atoms with Gasteiger partial charge in [-0.2, -0.15) is 0 Å². The third kappa shape index (κ3) is 4.77. The molecule has 2 rings (SSSR count). The molecule has 1 aromatic rings. The molecule has 0 unspecified atom stereocenters. The van der Waals surface area contributed by atoms with E-state index in [2.05, 4.69) is 49.2 Å². The van der Waals surface area contributed by atoms with Crippen molar-refractivity contribution in [1.29, 1.82) is 0 Å². The maximum Gasteiger partial charge on any atom is 0.0775 e. The Morgan fingerprint density at radius 1 is 1.00 bits per heavy atom. The second-order valence-electron chi connectivity index (χ2n) is 7.08. The third-order valence-electron chi connectivity index (χ3n) is 4.31. The molecule has 0 spiro atoms. The number of benzene rings is 1. The Morgan fingerprint density at radius 2 is 1.63 bits per heavy atom. The molecule has 2 heteroatoms. The first-order valence-corrected chi connectivity index (χ1v) is 11.4. The average molecular weight is 276 g/mol. The molecule has 1 saturated carbocycles. The largest absolute Gasteiger partial charge is 0.312 e. The van der Waals surface area contributed by atoms with Crippen molar-refractivity contribution in [1.82, 2.24) is 5.32 Å². The van der Waals surface area contributed by atoms with Crippen LogP contribution >= 0.6 is 0 Å². The minimum Gasteiger partial charge on any atom is -0.312 e. The number of rotatable bonds is 5. The third-order valence-corrected chi connectivity index (χ3v) is 6.37. The van der Waals surface area contributed by atoms with Gasteiger partial charge in [0.1, 0.15) is 0 Å². The van der Waals surface area contributed by atoms with E-state index < -0.39 is 8.07 Å². The van der Waals surface area contributed by atoms with Crippen molar-refractivity contribution < 1.29 is 0 Å². The van der Waals surface area contributed by atoms with Gasteiger partial charge in [0.05, 0.1) is 8.07 Å². The van der Waals surface area contributed by atoms with Gasteiger partial charge in [0.2, 0.25) is 0 Å². The Kier molecular flexibility index (Phi) is 5.23. The van der Waals surface area contributed by atoms with Gasteiger partial charge in [-0.3, -0.25) is 0 Å².